The highest BCUT2D eigenvalue weighted by Crippen LogP contribution is 2.77. The van der Waals surface area contributed by atoms with Crippen molar-refractivity contribution < 1.29 is 9.53 Å². The van der Waals surface area contributed by atoms with E-state index in [-0.39, 0.29) is 17.5 Å². The van der Waals surface area contributed by atoms with E-state index in [0.717, 1.165) is 24.2 Å². The van der Waals surface area contributed by atoms with Gasteiger partial charge in [0.05, 0.1) is 0 Å². The van der Waals surface area contributed by atoms with Gasteiger partial charge in [0, 0.05) is 12.3 Å². The molecule has 0 aromatic rings. The van der Waals surface area contributed by atoms with Gasteiger partial charge in [-0.1, -0.05) is 60.6 Å². The summed E-state index contributed by atoms with van der Waals surface area (Å²) in [4.78, 5) is 11.9. The Morgan fingerprint density at radius 3 is 2.24 bits per heavy atom. The van der Waals surface area contributed by atoms with Crippen LogP contribution in [0.15, 0.2) is 12.2 Å². The van der Waals surface area contributed by atoms with Gasteiger partial charge in [0.1, 0.15) is 6.10 Å². The van der Waals surface area contributed by atoms with Crippen molar-refractivity contribution in [2.24, 2.45) is 56.7 Å². The van der Waals surface area contributed by atoms with E-state index in [9.17, 15) is 4.79 Å². The van der Waals surface area contributed by atoms with Gasteiger partial charge in [-0.3, -0.25) is 4.79 Å². The highest BCUT2D eigenvalue weighted by Gasteiger charge is 2.70. The number of hydrogen-bond acceptors (Lipinski definition) is 2. The number of allylic oxidation sites excluding steroid dienone is 1. The first-order valence-electron chi connectivity index (χ1n) is 14.6. The lowest BCUT2D eigenvalue weighted by Gasteiger charge is -2.73. The summed E-state index contributed by atoms with van der Waals surface area (Å²) in [5.41, 5.74) is 3.28. The molecule has 0 aromatic carbocycles. The summed E-state index contributed by atoms with van der Waals surface area (Å²) in [6.07, 6.45) is 13.2. The molecule has 0 radical (unpaired) electrons. The summed E-state index contributed by atoms with van der Waals surface area (Å²) in [5.74, 6) is 3.64. The first-order valence-corrected chi connectivity index (χ1v) is 14.6. The van der Waals surface area contributed by atoms with Crippen LogP contribution in [-0.2, 0) is 9.53 Å². The number of carbonyl (C=O) groups excluding carboxylic acids is 1. The van der Waals surface area contributed by atoms with Crippen LogP contribution in [0.4, 0.5) is 0 Å². The molecule has 5 aliphatic carbocycles. The minimum absolute atomic E-state index is 0.0541. The number of hydrogen-bond donors (Lipinski definition) is 0. The third-order valence-corrected chi connectivity index (χ3v) is 13.8. The number of carbonyl (C=O) groups is 1. The fourth-order valence-electron chi connectivity index (χ4n) is 11.8. The van der Waals surface area contributed by atoms with E-state index in [1.807, 2.05) is 0 Å². The second-order valence-corrected chi connectivity index (χ2v) is 15.3. The molecule has 5 fully saturated rings. The third kappa shape index (κ3) is 3.08. The van der Waals surface area contributed by atoms with Crippen molar-refractivity contribution in [1.82, 2.24) is 0 Å². The Morgan fingerprint density at radius 1 is 0.853 bits per heavy atom. The molecule has 0 N–H and O–H groups in total. The molecule has 0 amide bonds. The molecule has 0 aromatic heterocycles. The number of rotatable bonds is 1. The fourth-order valence-corrected chi connectivity index (χ4v) is 11.8. The van der Waals surface area contributed by atoms with Crippen molar-refractivity contribution in [1.29, 1.82) is 0 Å². The summed E-state index contributed by atoms with van der Waals surface area (Å²) in [6.45, 7) is 24.2. The molecule has 10 atom stereocenters. The first kappa shape index (κ1) is 24.9. The van der Waals surface area contributed by atoms with Crippen LogP contribution in [-0.4, -0.2) is 12.1 Å². The van der Waals surface area contributed by atoms with E-state index in [0.29, 0.717) is 33.5 Å². The number of ether oxygens (including phenoxy) is 1. The molecular weight excluding hydrogens is 416 g/mol. The van der Waals surface area contributed by atoms with Crippen molar-refractivity contribution in [3.63, 3.8) is 0 Å². The second kappa shape index (κ2) is 7.61. The lowest BCUT2D eigenvalue weighted by Crippen LogP contribution is -2.67. The summed E-state index contributed by atoms with van der Waals surface area (Å²) >= 11 is 0. The zero-order chi connectivity index (χ0) is 24.9. The Bertz CT molecular complexity index is 872. The van der Waals surface area contributed by atoms with Crippen LogP contribution >= 0.6 is 0 Å². The van der Waals surface area contributed by atoms with Crippen LogP contribution in [0.3, 0.4) is 0 Å². The smallest absolute Gasteiger partial charge is 0.302 e. The van der Waals surface area contributed by atoms with Gasteiger partial charge in [-0.25, -0.2) is 0 Å². The van der Waals surface area contributed by atoms with Gasteiger partial charge < -0.3 is 4.74 Å². The van der Waals surface area contributed by atoms with Crippen molar-refractivity contribution in [3.8, 4) is 0 Å². The zero-order valence-corrected chi connectivity index (χ0v) is 23.6. The van der Waals surface area contributed by atoms with Gasteiger partial charge >= 0.3 is 5.97 Å². The topological polar surface area (TPSA) is 26.3 Å². The molecule has 192 valence electrons. The quantitative estimate of drug-likeness (QED) is 0.284. The molecule has 5 rings (SSSR count). The second-order valence-electron chi connectivity index (χ2n) is 15.3. The maximum absolute atomic E-state index is 11.9. The zero-order valence-electron chi connectivity index (χ0n) is 23.6. The third-order valence-electron chi connectivity index (χ3n) is 13.8. The van der Waals surface area contributed by atoms with Gasteiger partial charge in [-0.15, -0.1) is 0 Å². The molecular formula is C32H52O2. The molecule has 0 spiro atoms. The molecule has 5 saturated carbocycles. The SMILES string of the molecule is C=C1CC[C@]2(C)CC[C@]3(C)[C@H](CC[C@@H]4[C@@]5(C)CCC(OC(C)=O)C(C)(C)C5CC[C@]43C)[C@@H]2C1C. The molecule has 0 heterocycles. The van der Waals surface area contributed by atoms with Gasteiger partial charge in [-0.2, -0.15) is 0 Å². The molecule has 0 bridgehead atoms. The fraction of sp³-hybridized carbons (Fsp3) is 0.906. The minimum Gasteiger partial charge on any atom is -0.462 e. The predicted molar refractivity (Wildman–Crippen MR) is 140 cm³/mol. The first-order chi connectivity index (χ1) is 15.7. The predicted octanol–water partition coefficient (Wildman–Crippen LogP) is 8.60. The average Bonchev–Trinajstić information content (AvgIpc) is 2.74. The summed E-state index contributed by atoms with van der Waals surface area (Å²) in [6, 6.07) is 0. The summed E-state index contributed by atoms with van der Waals surface area (Å²) < 4.78 is 5.91. The van der Waals surface area contributed by atoms with E-state index in [1.165, 1.54) is 63.4 Å². The molecule has 5 aliphatic rings. The summed E-state index contributed by atoms with van der Waals surface area (Å²) in [7, 11) is 0. The monoisotopic (exact) mass is 468 g/mol. The highest BCUT2D eigenvalue weighted by molar-refractivity contribution is 5.66. The lowest BCUT2D eigenvalue weighted by molar-refractivity contribution is -0.253. The molecule has 34 heavy (non-hydrogen) atoms. The molecule has 2 nitrogen and oxygen atoms in total. The van der Waals surface area contributed by atoms with Crippen LogP contribution in [0.1, 0.15) is 120 Å². The van der Waals surface area contributed by atoms with Crippen molar-refractivity contribution in [2.75, 3.05) is 0 Å². The van der Waals surface area contributed by atoms with Crippen LogP contribution < -0.4 is 0 Å². The standard InChI is InChI=1S/C32H52O2/c1-20-12-15-29(6)18-19-31(8)23(27(29)21(20)2)10-11-25-30(7)16-14-26(34-22(3)33)28(4,5)24(30)13-17-32(25,31)9/h21,23-27H,1,10-19H2,2-9H3/t21?,23-,24?,25-,26?,27+,29-,30+,31-,32-/m1/s1. The van der Waals surface area contributed by atoms with E-state index in [1.54, 1.807) is 6.92 Å². The van der Waals surface area contributed by atoms with E-state index in [2.05, 4.69) is 55.0 Å². The largest absolute Gasteiger partial charge is 0.462 e. The van der Waals surface area contributed by atoms with Gasteiger partial charge in [-0.05, 0) is 115 Å². The maximum Gasteiger partial charge on any atom is 0.302 e. The maximum atomic E-state index is 11.9. The van der Waals surface area contributed by atoms with Crippen LogP contribution in [0.2, 0.25) is 0 Å². The van der Waals surface area contributed by atoms with Crippen LogP contribution in [0, 0.1) is 56.7 Å². The normalized spacial score (nSPS) is 54.2. The summed E-state index contributed by atoms with van der Waals surface area (Å²) in [5, 5.41) is 0. The Hall–Kier alpha value is -0.790. The van der Waals surface area contributed by atoms with E-state index in [4.69, 9.17) is 4.74 Å². The van der Waals surface area contributed by atoms with Crippen molar-refractivity contribution in [3.05, 3.63) is 12.2 Å². The molecule has 2 heteroatoms. The Balaban J connectivity index is 1.50. The lowest BCUT2D eigenvalue weighted by atomic mass is 9.31. The van der Waals surface area contributed by atoms with Gasteiger partial charge in [0.15, 0.2) is 0 Å². The Labute approximate surface area is 210 Å². The van der Waals surface area contributed by atoms with Gasteiger partial charge in [0.2, 0.25) is 0 Å². The van der Waals surface area contributed by atoms with Crippen molar-refractivity contribution in [2.45, 2.75) is 126 Å². The molecule has 0 saturated heterocycles. The van der Waals surface area contributed by atoms with Crippen LogP contribution in [0.5, 0.6) is 0 Å². The Kier molecular flexibility index (Phi) is 5.57. The van der Waals surface area contributed by atoms with Crippen LogP contribution in [0.25, 0.3) is 0 Å². The van der Waals surface area contributed by atoms with Gasteiger partial charge in [0.25, 0.3) is 0 Å². The molecule has 3 unspecified atom stereocenters. The number of esters is 1. The number of fused-ring (bicyclic) bond motifs is 7. The minimum atomic E-state index is -0.108. The van der Waals surface area contributed by atoms with Crippen molar-refractivity contribution >= 4 is 5.97 Å². The Morgan fingerprint density at radius 2 is 1.56 bits per heavy atom. The van der Waals surface area contributed by atoms with E-state index < -0.39 is 0 Å². The average molecular weight is 469 g/mol. The highest BCUT2D eigenvalue weighted by atomic mass is 16.5. The molecule has 0 aliphatic heterocycles. The van der Waals surface area contributed by atoms with E-state index >= 15 is 0 Å².